The van der Waals surface area contributed by atoms with Crippen molar-refractivity contribution in [1.82, 2.24) is 10.3 Å². The van der Waals surface area contributed by atoms with Crippen LogP contribution in [0.15, 0.2) is 48.7 Å². The van der Waals surface area contributed by atoms with Gasteiger partial charge in [-0.05, 0) is 48.2 Å². The zero-order valence-corrected chi connectivity index (χ0v) is 15.2. The molecule has 1 aromatic heterocycles. The molecule has 3 rings (SSSR count). The molecule has 2 atom stereocenters. The Morgan fingerprint density at radius 1 is 1.11 bits per heavy atom. The van der Waals surface area contributed by atoms with Crippen LogP contribution in [0.1, 0.15) is 25.1 Å². The third-order valence-electron chi connectivity index (χ3n) is 5.50. The number of carbonyl (C=O) groups is 1. The van der Waals surface area contributed by atoms with Gasteiger partial charge >= 0.3 is 6.18 Å². The number of amides is 1. The van der Waals surface area contributed by atoms with Gasteiger partial charge in [0.25, 0.3) is 0 Å². The Kier molecular flexibility index (Phi) is 5.13. The first-order chi connectivity index (χ1) is 12.7. The molecule has 1 saturated carbocycles. The molecule has 2 N–H and O–H groups in total. The number of anilines is 1. The lowest BCUT2D eigenvalue weighted by molar-refractivity contribution is -0.137. The molecule has 27 heavy (non-hydrogen) atoms. The van der Waals surface area contributed by atoms with Crippen LogP contribution in [-0.2, 0) is 17.4 Å². The Balaban J connectivity index is 1.61. The van der Waals surface area contributed by atoms with E-state index in [-0.39, 0.29) is 24.2 Å². The topological polar surface area (TPSA) is 54.0 Å². The maximum Gasteiger partial charge on any atom is 0.416 e. The first-order valence-corrected chi connectivity index (χ1v) is 8.84. The van der Waals surface area contributed by atoms with Gasteiger partial charge in [-0.2, -0.15) is 13.2 Å². The number of carbonyl (C=O) groups excluding carboxylic acids is 1. The van der Waals surface area contributed by atoms with Crippen molar-refractivity contribution in [1.29, 1.82) is 0 Å². The van der Waals surface area contributed by atoms with Gasteiger partial charge in [-0.25, -0.2) is 0 Å². The Bertz CT molecular complexity index is 782. The number of aromatic nitrogens is 1. The third-order valence-corrected chi connectivity index (χ3v) is 5.50. The molecular weight excluding hydrogens is 355 g/mol. The number of pyridine rings is 1. The van der Waals surface area contributed by atoms with E-state index in [9.17, 15) is 18.0 Å². The minimum atomic E-state index is -4.35. The van der Waals surface area contributed by atoms with Crippen molar-refractivity contribution in [3.63, 3.8) is 0 Å². The standard InChI is InChI=1S/C20H22F3N3O/c1-13-14(2)19(13,26-18(27)11-17-5-3-4-10-24-17)12-25-16-8-6-15(7-9-16)20(21,22)23/h3-10,13-14,25H,11-12H2,1-2H3,(H,26,27). The van der Waals surface area contributed by atoms with Crippen LogP contribution in [0.25, 0.3) is 0 Å². The Labute approximate surface area is 156 Å². The summed E-state index contributed by atoms with van der Waals surface area (Å²) in [7, 11) is 0. The number of halogens is 3. The van der Waals surface area contributed by atoms with Crippen LogP contribution in [-0.4, -0.2) is 23.0 Å². The number of hydrogen-bond donors (Lipinski definition) is 2. The fourth-order valence-electron chi connectivity index (χ4n) is 3.45. The lowest BCUT2D eigenvalue weighted by Crippen LogP contribution is -2.45. The van der Waals surface area contributed by atoms with E-state index in [4.69, 9.17) is 0 Å². The molecule has 1 aliphatic carbocycles. The molecule has 144 valence electrons. The number of nitrogens with zero attached hydrogens (tertiary/aromatic N) is 1. The predicted molar refractivity (Wildman–Crippen MR) is 97.1 cm³/mol. The monoisotopic (exact) mass is 377 g/mol. The van der Waals surface area contributed by atoms with Gasteiger partial charge in [0, 0.05) is 24.1 Å². The summed E-state index contributed by atoms with van der Waals surface area (Å²) < 4.78 is 38.0. The van der Waals surface area contributed by atoms with E-state index in [1.165, 1.54) is 12.1 Å². The molecule has 0 bridgehead atoms. The van der Waals surface area contributed by atoms with Crippen LogP contribution in [0, 0.1) is 11.8 Å². The van der Waals surface area contributed by atoms with Gasteiger partial charge in [-0.3, -0.25) is 9.78 Å². The summed E-state index contributed by atoms with van der Waals surface area (Å²) in [5, 5.41) is 6.26. The largest absolute Gasteiger partial charge is 0.416 e. The second kappa shape index (κ2) is 7.21. The molecule has 4 nitrogen and oxygen atoms in total. The van der Waals surface area contributed by atoms with Gasteiger partial charge in [-0.15, -0.1) is 0 Å². The number of rotatable bonds is 6. The van der Waals surface area contributed by atoms with Crippen molar-refractivity contribution in [2.45, 2.75) is 32.0 Å². The van der Waals surface area contributed by atoms with Crippen LogP contribution in [0.4, 0.5) is 18.9 Å². The molecule has 1 fully saturated rings. The van der Waals surface area contributed by atoms with Crippen LogP contribution >= 0.6 is 0 Å². The average molecular weight is 377 g/mol. The Morgan fingerprint density at radius 2 is 1.78 bits per heavy atom. The molecule has 2 aromatic rings. The normalized spacial score (nSPS) is 24.3. The fraction of sp³-hybridized carbons (Fsp3) is 0.400. The molecule has 0 spiro atoms. The second-order valence-corrected chi connectivity index (χ2v) is 7.09. The van der Waals surface area contributed by atoms with E-state index in [1.807, 2.05) is 6.07 Å². The minimum absolute atomic E-state index is 0.112. The maximum atomic E-state index is 12.7. The van der Waals surface area contributed by atoms with Crippen molar-refractivity contribution in [3.8, 4) is 0 Å². The number of hydrogen-bond acceptors (Lipinski definition) is 3. The van der Waals surface area contributed by atoms with Gasteiger partial charge < -0.3 is 10.6 Å². The molecule has 1 aliphatic rings. The van der Waals surface area contributed by atoms with Crippen molar-refractivity contribution in [3.05, 3.63) is 59.9 Å². The predicted octanol–water partition coefficient (Wildman–Crippen LogP) is 3.90. The molecule has 2 unspecified atom stereocenters. The van der Waals surface area contributed by atoms with Crippen LogP contribution in [0.5, 0.6) is 0 Å². The van der Waals surface area contributed by atoms with E-state index in [2.05, 4.69) is 29.5 Å². The molecule has 1 amide bonds. The lowest BCUT2D eigenvalue weighted by atomic mass is 10.1. The smallest absolute Gasteiger partial charge is 0.383 e. The first-order valence-electron chi connectivity index (χ1n) is 8.84. The van der Waals surface area contributed by atoms with Gasteiger partial charge in [-0.1, -0.05) is 19.9 Å². The third kappa shape index (κ3) is 4.23. The highest BCUT2D eigenvalue weighted by Gasteiger charge is 2.59. The molecule has 1 heterocycles. The first kappa shape index (κ1) is 19.2. The SMILES string of the molecule is CC1C(C)C1(CNc1ccc(C(F)(F)F)cc1)NC(=O)Cc1ccccn1. The molecular formula is C20H22F3N3O. The quantitative estimate of drug-likeness (QED) is 0.803. The summed E-state index contributed by atoms with van der Waals surface area (Å²) in [4.78, 5) is 16.6. The van der Waals surface area contributed by atoms with Crippen molar-refractivity contribution >= 4 is 11.6 Å². The zero-order valence-electron chi connectivity index (χ0n) is 15.2. The Morgan fingerprint density at radius 3 is 2.30 bits per heavy atom. The fourth-order valence-corrected chi connectivity index (χ4v) is 3.45. The van der Waals surface area contributed by atoms with Gasteiger partial charge in [0.05, 0.1) is 17.5 Å². The molecule has 1 aromatic carbocycles. The van der Waals surface area contributed by atoms with E-state index in [0.29, 0.717) is 17.9 Å². The van der Waals surface area contributed by atoms with Gasteiger partial charge in [0.15, 0.2) is 0 Å². The van der Waals surface area contributed by atoms with Gasteiger partial charge in [0.1, 0.15) is 0 Å². The molecule has 0 aliphatic heterocycles. The highest BCUT2D eigenvalue weighted by molar-refractivity contribution is 5.79. The van der Waals surface area contributed by atoms with Gasteiger partial charge in [0.2, 0.25) is 5.91 Å². The zero-order chi connectivity index (χ0) is 19.7. The van der Waals surface area contributed by atoms with E-state index >= 15 is 0 Å². The average Bonchev–Trinajstić information content (AvgIpc) is 3.13. The molecule has 0 radical (unpaired) electrons. The number of benzene rings is 1. The number of nitrogens with one attached hydrogen (secondary N) is 2. The second-order valence-electron chi connectivity index (χ2n) is 7.09. The van der Waals surface area contributed by atoms with Crippen molar-refractivity contribution in [2.75, 3.05) is 11.9 Å². The van der Waals surface area contributed by atoms with Crippen molar-refractivity contribution in [2.24, 2.45) is 11.8 Å². The summed E-state index contributed by atoms with van der Waals surface area (Å²) in [6, 6.07) is 10.3. The minimum Gasteiger partial charge on any atom is -0.383 e. The number of alkyl halides is 3. The van der Waals surface area contributed by atoms with E-state index in [0.717, 1.165) is 12.1 Å². The molecule has 0 saturated heterocycles. The molecule has 7 heteroatoms. The van der Waals surface area contributed by atoms with Crippen LogP contribution in [0.3, 0.4) is 0 Å². The summed E-state index contributed by atoms with van der Waals surface area (Å²) in [6.07, 6.45) is -2.51. The van der Waals surface area contributed by atoms with Crippen LogP contribution in [0.2, 0.25) is 0 Å². The summed E-state index contributed by atoms with van der Waals surface area (Å²) in [5.74, 6) is 0.429. The summed E-state index contributed by atoms with van der Waals surface area (Å²) >= 11 is 0. The highest BCUT2D eigenvalue weighted by atomic mass is 19.4. The van der Waals surface area contributed by atoms with Crippen molar-refractivity contribution < 1.29 is 18.0 Å². The van der Waals surface area contributed by atoms with E-state index in [1.54, 1.807) is 18.3 Å². The highest BCUT2D eigenvalue weighted by Crippen LogP contribution is 2.50. The summed E-state index contributed by atoms with van der Waals surface area (Å²) in [5.41, 5.74) is 0.197. The summed E-state index contributed by atoms with van der Waals surface area (Å²) in [6.45, 7) is 4.56. The van der Waals surface area contributed by atoms with Crippen LogP contribution < -0.4 is 10.6 Å². The maximum absolute atomic E-state index is 12.7. The lowest BCUT2D eigenvalue weighted by Gasteiger charge is -2.21. The van der Waals surface area contributed by atoms with E-state index < -0.39 is 17.3 Å². The Hall–Kier alpha value is -2.57.